The molecule has 0 aliphatic carbocycles. The van der Waals surface area contributed by atoms with E-state index in [0.29, 0.717) is 18.8 Å². The third-order valence-corrected chi connectivity index (χ3v) is 4.32. The lowest BCUT2D eigenvalue weighted by Gasteiger charge is -2.36. The fourth-order valence-corrected chi connectivity index (χ4v) is 2.92. The smallest absolute Gasteiger partial charge is 0.289 e. The molecule has 2 aromatic rings. The summed E-state index contributed by atoms with van der Waals surface area (Å²) in [5, 5.41) is 3.43. The molecule has 1 fully saturated rings. The van der Waals surface area contributed by atoms with Crippen molar-refractivity contribution in [2.75, 3.05) is 39.3 Å². The molecule has 7 nitrogen and oxygen atoms in total. The third kappa shape index (κ3) is 6.02. The first kappa shape index (κ1) is 21.3. The Hall–Kier alpha value is -1.97. The average Bonchev–Trinajstić information content (AvgIpc) is 3.38. The van der Waals surface area contributed by atoms with E-state index in [1.807, 2.05) is 17.0 Å². The van der Waals surface area contributed by atoms with E-state index < -0.39 is 0 Å². The van der Waals surface area contributed by atoms with E-state index >= 15 is 0 Å². The molecule has 1 N–H and O–H groups in total. The highest BCUT2D eigenvalue weighted by Gasteiger charge is 2.25. The van der Waals surface area contributed by atoms with Gasteiger partial charge in [0.1, 0.15) is 5.76 Å². The van der Waals surface area contributed by atoms with Gasteiger partial charge in [-0.2, -0.15) is 0 Å². The molecule has 1 aliphatic heterocycles. The van der Waals surface area contributed by atoms with Crippen LogP contribution in [0, 0.1) is 0 Å². The maximum atomic E-state index is 12.4. The number of furan rings is 2. The number of hydrogen-bond donors (Lipinski definition) is 1. The van der Waals surface area contributed by atoms with Gasteiger partial charge >= 0.3 is 0 Å². The number of piperazine rings is 1. The lowest BCUT2D eigenvalue weighted by atomic mass is 10.3. The summed E-state index contributed by atoms with van der Waals surface area (Å²) >= 11 is 0. The molecule has 1 aliphatic rings. The normalized spacial score (nSPS) is 14.8. The van der Waals surface area contributed by atoms with Gasteiger partial charge < -0.3 is 24.0 Å². The number of aliphatic imine (C=N–C) groups is 1. The van der Waals surface area contributed by atoms with Crippen LogP contribution in [-0.4, -0.2) is 60.9 Å². The van der Waals surface area contributed by atoms with Crippen LogP contribution in [0.3, 0.4) is 0 Å². The minimum absolute atomic E-state index is 0. The summed E-state index contributed by atoms with van der Waals surface area (Å²) in [6.45, 7) is 6.49. The van der Waals surface area contributed by atoms with Crippen LogP contribution in [0.15, 0.2) is 50.6 Å². The Balaban J connectivity index is 0.00000261. The lowest BCUT2D eigenvalue weighted by molar-refractivity contribution is 0.0657. The van der Waals surface area contributed by atoms with Crippen molar-refractivity contribution in [2.45, 2.75) is 19.8 Å². The summed E-state index contributed by atoms with van der Waals surface area (Å²) < 4.78 is 10.6. The first-order valence-corrected chi connectivity index (χ1v) is 9.16. The zero-order valence-corrected chi connectivity index (χ0v) is 17.9. The Morgan fingerprint density at radius 1 is 1.11 bits per heavy atom. The standard InChI is InChI=1S/C19H26N4O3.HI/c1-2-8-20-19(21-9-7-16-5-3-14-25-16)23-12-10-22(11-13-23)18(24)17-6-4-15-26-17;/h3-6,14-15H,2,7-13H2,1H3,(H,20,21);1H. The van der Waals surface area contributed by atoms with Crippen molar-refractivity contribution in [1.82, 2.24) is 15.1 Å². The zero-order chi connectivity index (χ0) is 18.2. The molecular weight excluding hydrogens is 459 g/mol. The van der Waals surface area contributed by atoms with Gasteiger partial charge in [-0.05, 0) is 30.7 Å². The molecule has 3 rings (SSSR count). The van der Waals surface area contributed by atoms with Crippen LogP contribution in [0.1, 0.15) is 29.7 Å². The summed E-state index contributed by atoms with van der Waals surface area (Å²) in [6.07, 6.45) is 5.04. The van der Waals surface area contributed by atoms with E-state index in [1.54, 1.807) is 18.4 Å². The van der Waals surface area contributed by atoms with Crippen molar-refractivity contribution >= 4 is 35.8 Å². The molecule has 8 heteroatoms. The number of amides is 1. The topological polar surface area (TPSA) is 74.2 Å². The molecule has 3 heterocycles. The molecule has 0 saturated carbocycles. The van der Waals surface area contributed by atoms with Gasteiger partial charge in [0.15, 0.2) is 11.7 Å². The maximum absolute atomic E-state index is 12.4. The molecule has 0 atom stereocenters. The second-order valence-electron chi connectivity index (χ2n) is 6.22. The number of halogens is 1. The molecule has 148 valence electrons. The Bertz CT molecular complexity index is 693. The molecule has 27 heavy (non-hydrogen) atoms. The quantitative estimate of drug-likeness (QED) is 0.386. The molecule has 0 unspecified atom stereocenters. The molecule has 0 aromatic carbocycles. The van der Waals surface area contributed by atoms with Gasteiger partial charge in [-0.25, -0.2) is 0 Å². The average molecular weight is 486 g/mol. The molecule has 0 bridgehead atoms. The minimum atomic E-state index is -0.0486. The predicted octanol–water partition coefficient (Wildman–Crippen LogP) is 2.85. The van der Waals surface area contributed by atoms with Crippen molar-refractivity contribution in [3.8, 4) is 0 Å². The highest BCUT2D eigenvalue weighted by molar-refractivity contribution is 14.0. The molecule has 0 radical (unpaired) electrons. The van der Waals surface area contributed by atoms with Crippen LogP contribution >= 0.6 is 24.0 Å². The van der Waals surface area contributed by atoms with Gasteiger partial charge in [0.2, 0.25) is 0 Å². The van der Waals surface area contributed by atoms with Crippen LogP contribution in [0.2, 0.25) is 0 Å². The van der Waals surface area contributed by atoms with E-state index in [4.69, 9.17) is 8.83 Å². The number of carbonyl (C=O) groups excluding carboxylic acids is 1. The fraction of sp³-hybridized carbons (Fsp3) is 0.474. The molecule has 2 aromatic heterocycles. The van der Waals surface area contributed by atoms with Gasteiger partial charge in [-0.15, -0.1) is 24.0 Å². The number of hydrogen-bond acceptors (Lipinski definition) is 4. The van der Waals surface area contributed by atoms with E-state index in [0.717, 1.165) is 50.7 Å². The number of nitrogens with zero attached hydrogens (tertiary/aromatic N) is 3. The van der Waals surface area contributed by atoms with Gasteiger partial charge in [0, 0.05) is 45.7 Å². The number of guanidine groups is 1. The van der Waals surface area contributed by atoms with E-state index in [1.165, 1.54) is 6.26 Å². The minimum Gasteiger partial charge on any atom is -0.469 e. The molecule has 0 spiro atoms. The SMILES string of the molecule is CCCN=C(NCCc1ccco1)N1CCN(C(=O)c2ccco2)CC1.I. The van der Waals surface area contributed by atoms with E-state index in [-0.39, 0.29) is 29.9 Å². The Morgan fingerprint density at radius 3 is 2.44 bits per heavy atom. The first-order chi connectivity index (χ1) is 12.8. The zero-order valence-electron chi connectivity index (χ0n) is 15.6. The third-order valence-electron chi connectivity index (χ3n) is 4.32. The van der Waals surface area contributed by atoms with Crippen molar-refractivity contribution in [3.63, 3.8) is 0 Å². The highest BCUT2D eigenvalue weighted by atomic mass is 127. The van der Waals surface area contributed by atoms with E-state index in [9.17, 15) is 4.79 Å². The predicted molar refractivity (Wildman–Crippen MR) is 115 cm³/mol. The van der Waals surface area contributed by atoms with Crippen LogP contribution < -0.4 is 5.32 Å². The van der Waals surface area contributed by atoms with Gasteiger partial charge in [-0.3, -0.25) is 9.79 Å². The van der Waals surface area contributed by atoms with Gasteiger partial charge in [0.05, 0.1) is 12.5 Å². The van der Waals surface area contributed by atoms with Gasteiger partial charge in [0.25, 0.3) is 5.91 Å². The van der Waals surface area contributed by atoms with E-state index in [2.05, 4.69) is 22.1 Å². The second kappa shape index (κ2) is 11.0. The highest BCUT2D eigenvalue weighted by Crippen LogP contribution is 2.10. The second-order valence-corrected chi connectivity index (χ2v) is 6.22. The van der Waals surface area contributed by atoms with Crippen molar-refractivity contribution < 1.29 is 13.6 Å². The van der Waals surface area contributed by atoms with Crippen LogP contribution in [0.25, 0.3) is 0 Å². The Labute approximate surface area is 176 Å². The van der Waals surface area contributed by atoms with Crippen molar-refractivity contribution in [2.24, 2.45) is 4.99 Å². The first-order valence-electron chi connectivity index (χ1n) is 9.16. The summed E-state index contributed by atoms with van der Waals surface area (Å²) in [6, 6.07) is 7.32. The number of nitrogens with one attached hydrogen (secondary N) is 1. The maximum Gasteiger partial charge on any atom is 0.289 e. The largest absolute Gasteiger partial charge is 0.469 e. The molecule has 1 amide bonds. The summed E-state index contributed by atoms with van der Waals surface area (Å²) in [4.78, 5) is 21.1. The Morgan fingerprint density at radius 2 is 1.81 bits per heavy atom. The number of rotatable bonds is 6. The monoisotopic (exact) mass is 486 g/mol. The van der Waals surface area contributed by atoms with Crippen LogP contribution in [-0.2, 0) is 6.42 Å². The van der Waals surface area contributed by atoms with Crippen molar-refractivity contribution in [1.29, 1.82) is 0 Å². The van der Waals surface area contributed by atoms with Crippen LogP contribution in [0.4, 0.5) is 0 Å². The van der Waals surface area contributed by atoms with Gasteiger partial charge in [-0.1, -0.05) is 6.92 Å². The molecule has 1 saturated heterocycles. The molecular formula is C19H27IN4O3. The summed E-state index contributed by atoms with van der Waals surface area (Å²) in [5.74, 6) is 2.21. The Kier molecular flexibility index (Phi) is 8.70. The lowest BCUT2D eigenvalue weighted by Crippen LogP contribution is -2.54. The van der Waals surface area contributed by atoms with Crippen LogP contribution in [0.5, 0.6) is 0 Å². The summed E-state index contributed by atoms with van der Waals surface area (Å²) in [7, 11) is 0. The fourth-order valence-electron chi connectivity index (χ4n) is 2.92. The summed E-state index contributed by atoms with van der Waals surface area (Å²) in [5.41, 5.74) is 0. The number of carbonyl (C=O) groups is 1. The van der Waals surface area contributed by atoms with Crippen molar-refractivity contribution in [3.05, 3.63) is 48.3 Å².